The van der Waals surface area contributed by atoms with Gasteiger partial charge in [-0.3, -0.25) is 9.78 Å². The summed E-state index contributed by atoms with van der Waals surface area (Å²) in [7, 11) is 1.92. The second kappa shape index (κ2) is 8.13. The molecule has 2 N–H and O–H groups in total. The van der Waals surface area contributed by atoms with Crippen LogP contribution >= 0.6 is 0 Å². The second-order valence-corrected chi connectivity index (χ2v) is 7.88. The third-order valence-corrected chi connectivity index (χ3v) is 5.71. The molecule has 0 radical (unpaired) electrons. The van der Waals surface area contributed by atoms with E-state index in [9.17, 15) is 4.79 Å². The van der Waals surface area contributed by atoms with Gasteiger partial charge in [-0.25, -0.2) is 0 Å². The third-order valence-electron chi connectivity index (χ3n) is 5.71. The van der Waals surface area contributed by atoms with Gasteiger partial charge in [0.15, 0.2) is 0 Å². The van der Waals surface area contributed by atoms with Gasteiger partial charge in [-0.2, -0.15) is 5.26 Å². The van der Waals surface area contributed by atoms with Crippen LogP contribution in [0.5, 0.6) is 0 Å². The van der Waals surface area contributed by atoms with Crippen molar-refractivity contribution >= 4 is 5.91 Å². The molecule has 3 aromatic rings. The van der Waals surface area contributed by atoms with E-state index in [4.69, 9.17) is 11.0 Å². The molecular weight excluding hydrogens is 374 g/mol. The highest BCUT2D eigenvalue weighted by Gasteiger charge is 2.27. The Morgan fingerprint density at radius 3 is 2.57 bits per heavy atom. The maximum absolute atomic E-state index is 13.3. The summed E-state index contributed by atoms with van der Waals surface area (Å²) in [5, 5.41) is 9.12. The van der Waals surface area contributed by atoms with Crippen LogP contribution < -0.4 is 5.73 Å². The van der Waals surface area contributed by atoms with Crippen LogP contribution in [0, 0.1) is 18.3 Å². The number of nitrogens with two attached hydrogens (primary N) is 1. The summed E-state index contributed by atoms with van der Waals surface area (Å²) < 4.78 is 1.95. The molecule has 6 nitrogen and oxygen atoms in total. The number of nitriles is 1. The van der Waals surface area contributed by atoms with Gasteiger partial charge in [0.05, 0.1) is 17.3 Å². The van der Waals surface area contributed by atoms with Crippen LogP contribution in [0.1, 0.15) is 34.6 Å². The van der Waals surface area contributed by atoms with Crippen LogP contribution in [0.2, 0.25) is 0 Å². The molecule has 4 rings (SSSR count). The van der Waals surface area contributed by atoms with Crippen molar-refractivity contribution in [3.63, 3.8) is 0 Å². The number of hydrogen-bond acceptors (Lipinski definition) is 4. The topological polar surface area (TPSA) is 87.9 Å². The first-order chi connectivity index (χ1) is 14.5. The molecule has 1 aliphatic rings. The molecule has 6 heteroatoms. The summed E-state index contributed by atoms with van der Waals surface area (Å²) in [6.07, 6.45) is 3.71. The number of aromatic nitrogens is 2. The molecular formula is C24H25N5O. The maximum Gasteiger partial charge on any atom is 0.270 e. The van der Waals surface area contributed by atoms with Crippen molar-refractivity contribution in [2.75, 3.05) is 13.1 Å². The highest BCUT2D eigenvalue weighted by Crippen LogP contribution is 2.35. The summed E-state index contributed by atoms with van der Waals surface area (Å²) in [5.74, 6) is -0.00568. The highest BCUT2D eigenvalue weighted by molar-refractivity contribution is 5.97. The van der Waals surface area contributed by atoms with Crippen LogP contribution in [0.25, 0.3) is 22.4 Å². The Bertz CT molecular complexity index is 1110. The van der Waals surface area contributed by atoms with Crippen LogP contribution in [-0.2, 0) is 7.05 Å². The van der Waals surface area contributed by atoms with E-state index < -0.39 is 0 Å². The van der Waals surface area contributed by atoms with Crippen molar-refractivity contribution in [3.8, 4) is 28.5 Å². The standard InChI is InChI=1S/C24H25N5O/c1-16-5-8-19(14-27-16)23-21(18-9-6-17(13-25)7-10-18)12-22(28(23)2)24(30)29-11-3-4-20(26)15-29/h5-10,12,14,20H,3-4,11,15,26H2,1-2H3/t20-/m1/s1. The molecule has 0 saturated carbocycles. The van der Waals surface area contributed by atoms with E-state index in [0.29, 0.717) is 17.8 Å². The Morgan fingerprint density at radius 2 is 1.93 bits per heavy atom. The lowest BCUT2D eigenvalue weighted by molar-refractivity contribution is 0.0699. The van der Waals surface area contributed by atoms with Crippen molar-refractivity contribution in [3.05, 3.63) is 65.6 Å². The zero-order valence-corrected chi connectivity index (χ0v) is 17.3. The van der Waals surface area contributed by atoms with E-state index >= 15 is 0 Å². The van der Waals surface area contributed by atoms with Crippen molar-refractivity contribution in [2.24, 2.45) is 12.8 Å². The number of piperidine rings is 1. The highest BCUT2D eigenvalue weighted by atomic mass is 16.2. The summed E-state index contributed by atoms with van der Waals surface area (Å²) >= 11 is 0. The molecule has 0 aliphatic carbocycles. The normalized spacial score (nSPS) is 16.3. The molecule has 1 fully saturated rings. The molecule has 1 aromatic carbocycles. The van der Waals surface area contributed by atoms with Gasteiger partial charge in [-0.1, -0.05) is 12.1 Å². The van der Waals surface area contributed by atoms with E-state index in [2.05, 4.69) is 11.1 Å². The van der Waals surface area contributed by atoms with Gasteiger partial charge >= 0.3 is 0 Å². The van der Waals surface area contributed by atoms with Gasteiger partial charge in [-0.15, -0.1) is 0 Å². The number of pyridine rings is 1. The Morgan fingerprint density at radius 1 is 1.20 bits per heavy atom. The van der Waals surface area contributed by atoms with Crippen molar-refractivity contribution in [2.45, 2.75) is 25.8 Å². The van der Waals surface area contributed by atoms with Gasteiger partial charge < -0.3 is 15.2 Å². The fourth-order valence-electron chi connectivity index (χ4n) is 4.07. The number of amides is 1. The minimum atomic E-state index is -0.00568. The van der Waals surface area contributed by atoms with Gasteiger partial charge in [-0.05, 0) is 55.7 Å². The number of aryl methyl sites for hydroxylation is 1. The van der Waals surface area contributed by atoms with Gasteiger partial charge in [0.1, 0.15) is 5.69 Å². The number of rotatable bonds is 3. The molecule has 152 valence electrons. The second-order valence-electron chi connectivity index (χ2n) is 7.88. The molecule has 1 amide bonds. The van der Waals surface area contributed by atoms with Crippen molar-refractivity contribution in [1.82, 2.24) is 14.5 Å². The van der Waals surface area contributed by atoms with Gasteiger partial charge in [0, 0.05) is 49.2 Å². The first-order valence-electron chi connectivity index (χ1n) is 10.2. The quantitative estimate of drug-likeness (QED) is 0.730. The summed E-state index contributed by atoms with van der Waals surface area (Å²) in [6, 6.07) is 15.6. The van der Waals surface area contributed by atoms with Crippen molar-refractivity contribution < 1.29 is 4.79 Å². The molecule has 1 aliphatic heterocycles. The van der Waals surface area contributed by atoms with Crippen LogP contribution in [0.4, 0.5) is 0 Å². The van der Waals surface area contributed by atoms with E-state index in [-0.39, 0.29) is 11.9 Å². The number of benzene rings is 1. The molecule has 30 heavy (non-hydrogen) atoms. The van der Waals surface area contributed by atoms with E-state index in [1.807, 2.05) is 60.0 Å². The molecule has 2 aromatic heterocycles. The van der Waals surface area contributed by atoms with Crippen LogP contribution in [-0.4, -0.2) is 39.5 Å². The molecule has 0 unspecified atom stereocenters. The Kier molecular flexibility index (Phi) is 5.39. The largest absolute Gasteiger partial charge is 0.339 e. The lowest BCUT2D eigenvalue weighted by Crippen LogP contribution is -2.46. The van der Waals surface area contributed by atoms with E-state index in [1.165, 1.54) is 0 Å². The predicted molar refractivity (Wildman–Crippen MR) is 117 cm³/mol. The van der Waals surface area contributed by atoms with E-state index in [1.54, 1.807) is 12.1 Å². The first kappa shape index (κ1) is 19.9. The first-order valence-corrected chi connectivity index (χ1v) is 10.2. The smallest absolute Gasteiger partial charge is 0.270 e. The molecule has 0 bridgehead atoms. The lowest BCUT2D eigenvalue weighted by Gasteiger charge is -2.30. The fourth-order valence-corrected chi connectivity index (χ4v) is 4.07. The maximum atomic E-state index is 13.3. The molecule has 1 atom stereocenters. The summed E-state index contributed by atoms with van der Waals surface area (Å²) in [4.78, 5) is 19.6. The SMILES string of the molecule is Cc1ccc(-c2c(-c3ccc(C#N)cc3)cc(C(=O)N3CCC[C@@H](N)C3)n2C)cn1. The minimum absolute atomic E-state index is 0.00568. The van der Waals surface area contributed by atoms with E-state index in [0.717, 1.165) is 47.5 Å². The zero-order chi connectivity index (χ0) is 21.3. The number of nitrogens with zero attached hydrogens (tertiary/aromatic N) is 4. The molecule has 3 heterocycles. The minimum Gasteiger partial charge on any atom is -0.339 e. The number of carbonyl (C=O) groups excluding carboxylic acids is 1. The molecule has 1 saturated heterocycles. The van der Waals surface area contributed by atoms with Crippen LogP contribution in [0.3, 0.4) is 0 Å². The number of hydrogen-bond donors (Lipinski definition) is 1. The average molecular weight is 399 g/mol. The predicted octanol–water partition coefficient (Wildman–Crippen LogP) is 3.50. The Balaban J connectivity index is 1.83. The van der Waals surface area contributed by atoms with Crippen molar-refractivity contribution in [1.29, 1.82) is 5.26 Å². The summed E-state index contributed by atoms with van der Waals surface area (Å²) in [6.45, 7) is 3.26. The Labute approximate surface area is 176 Å². The van der Waals surface area contributed by atoms with Gasteiger partial charge in [0.2, 0.25) is 0 Å². The monoisotopic (exact) mass is 399 g/mol. The third kappa shape index (κ3) is 3.72. The lowest BCUT2D eigenvalue weighted by atomic mass is 10.0. The Hall–Kier alpha value is -3.43. The van der Waals surface area contributed by atoms with Gasteiger partial charge in [0.25, 0.3) is 5.91 Å². The fraction of sp³-hybridized carbons (Fsp3) is 0.292. The zero-order valence-electron chi connectivity index (χ0n) is 17.3. The number of likely N-dealkylation sites (tertiary alicyclic amines) is 1. The average Bonchev–Trinajstić information content (AvgIpc) is 3.11. The number of carbonyl (C=O) groups is 1. The molecule has 0 spiro atoms. The summed E-state index contributed by atoms with van der Waals surface area (Å²) in [5.41, 5.74) is 12.0. The van der Waals surface area contributed by atoms with Crippen LogP contribution in [0.15, 0.2) is 48.7 Å².